The highest BCUT2D eigenvalue weighted by Crippen LogP contribution is 2.29. The summed E-state index contributed by atoms with van der Waals surface area (Å²) < 4.78 is 4.95. The molecule has 0 bridgehead atoms. The number of ether oxygens (including phenoxy) is 1. The number of hydrogen-bond acceptors (Lipinski definition) is 3. The molecule has 1 aromatic rings. The molecule has 2 rings (SSSR count). The zero-order chi connectivity index (χ0) is 8.60. The fourth-order valence-corrected chi connectivity index (χ4v) is 1.38. The number of aliphatic hydroxyl groups is 1. The molecule has 1 saturated heterocycles. The van der Waals surface area contributed by atoms with E-state index in [4.69, 9.17) is 4.74 Å². The molecule has 0 amide bonds. The van der Waals surface area contributed by atoms with E-state index >= 15 is 0 Å². The van der Waals surface area contributed by atoms with Gasteiger partial charge < -0.3 is 9.84 Å². The Morgan fingerprint density at radius 3 is 2.25 bits per heavy atom. The van der Waals surface area contributed by atoms with Gasteiger partial charge in [0, 0.05) is 4.90 Å². The summed E-state index contributed by atoms with van der Waals surface area (Å²) in [7, 11) is 0. The standard InChI is InChI=1S/C9H10O2S/c10-9(5-11-6-9)7-1-3-8(12)4-2-7/h1-4,10,12H,5-6H2. The molecule has 0 atom stereocenters. The number of hydrogen-bond donors (Lipinski definition) is 2. The lowest BCUT2D eigenvalue weighted by Gasteiger charge is -2.36. The van der Waals surface area contributed by atoms with Gasteiger partial charge in [-0.1, -0.05) is 12.1 Å². The van der Waals surface area contributed by atoms with Crippen molar-refractivity contribution in [2.45, 2.75) is 10.5 Å². The molecule has 0 radical (unpaired) electrons. The summed E-state index contributed by atoms with van der Waals surface area (Å²) in [6, 6.07) is 7.50. The normalized spacial score (nSPS) is 20.2. The molecule has 64 valence electrons. The van der Waals surface area contributed by atoms with E-state index in [9.17, 15) is 5.11 Å². The first-order chi connectivity index (χ1) is 5.71. The maximum Gasteiger partial charge on any atom is 0.136 e. The topological polar surface area (TPSA) is 29.5 Å². The monoisotopic (exact) mass is 182 g/mol. The van der Waals surface area contributed by atoms with Crippen LogP contribution >= 0.6 is 12.6 Å². The minimum Gasteiger partial charge on any atom is -0.380 e. The van der Waals surface area contributed by atoms with Crippen LogP contribution in [0.15, 0.2) is 29.2 Å². The first-order valence-corrected chi connectivity index (χ1v) is 4.25. The summed E-state index contributed by atoms with van der Waals surface area (Å²) in [5.41, 5.74) is 0.160. The van der Waals surface area contributed by atoms with E-state index in [2.05, 4.69) is 12.6 Å². The predicted molar refractivity (Wildman–Crippen MR) is 48.4 cm³/mol. The molecule has 0 unspecified atom stereocenters. The van der Waals surface area contributed by atoms with Gasteiger partial charge in [-0.15, -0.1) is 12.6 Å². The molecular weight excluding hydrogens is 172 g/mol. The van der Waals surface area contributed by atoms with Gasteiger partial charge in [-0.05, 0) is 17.7 Å². The maximum absolute atomic E-state index is 9.82. The van der Waals surface area contributed by atoms with Crippen LogP contribution in [0.1, 0.15) is 5.56 Å². The summed E-state index contributed by atoms with van der Waals surface area (Å²) in [6.07, 6.45) is 0. The zero-order valence-corrected chi connectivity index (χ0v) is 7.42. The fraction of sp³-hybridized carbons (Fsp3) is 0.333. The molecule has 3 heteroatoms. The van der Waals surface area contributed by atoms with Crippen LogP contribution < -0.4 is 0 Å². The zero-order valence-electron chi connectivity index (χ0n) is 6.53. The van der Waals surface area contributed by atoms with Gasteiger partial charge in [0.25, 0.3) is 0 Å². The molecule has 1 aliphatic rings. The smallest absolute Gasteiger partial charge is 0.136 e. The second kappa shape index (κ2) is 2.76. The van der Waals surface area contributed by atoms with E-state index in [0.717, 1.165) is 10.5 Å². The van der Waals surface area contributed by atoms with E-state index in [0.29, 0.717) is 13.2 Å². The van der Waals surface area contributed by atoms with Crippen molar-refractivity contribution in [2.24, 2.45) is 0 Å². The van der Waals surface area contributed by atoms with Crippen LogP contribution in [0.4, 0.5) is 0 Å². The summed E-state index contributed by atoms with van der Waals surface area (Å²) in [6.45, 7) is 0.803. The third kappa shape index (κ3) is 1.24. The Bertz CT molecular complexity index is 277. The van der Waals surface area contributed by atoms with Crippen LogP contribution in [0.2, 0.25) is 0 Å². The van der Waals surface area contributed by atoms with E-state index in [-0.39, 0.29) is 0 Å². The van der Waals surface area contributed by atoms with Gasteiger partial charge in [0.05, 0.1) is 13.2 Å². The highest BCUT2D eigenvalue weighted by molar-refractivity contribution is 7.80. The van der Waals surface area contributed by atoms with Crippen molar-refractivity contribution in [1.82, 2.24) is 0 Å². The molecule has 1 fully saturated rings. The molecule has 1 aromatic carbocycles. The van der Waals surface area contributed by atoms with E-state index in [1.54, 1.807) is 0 Å². The first kappa shape index (κ1) is 8.10. The van der Waals surface area contributed by atoms with Gasteiger partial charge in [-0.25, -0.2) is 0 Å². The average Bonchev–Trinajstić information content (AvgIpc) is 2.02. The molecule has 0 aromatic heterocycles. The highest BCUT2D eigenvalue weighted by atomic mass is 32.1. The minimum atomic E-state index is -0.749. The van der Waals surface area contributed by atoms with Gasteiger partial charge in [0.15, 0.2) is 0 Å². The Morgan fingerprint density at radius 2 is 1.83 bits per heavy atom. The number of thiol groups is 1. The summed E-state index contributed by atoms with van der Waals surface area (Å²) in [5.74, 6) is 0. The second-order valence-electron chi connectivity index (χ2n) is 3.07. The minimum absolute atomic E-state index is 0.402. The Kier molecular flexibility index (Phi) is 1.87. The van der Waals surface area contributed by atoms with Crippen LogP contribution in [0, 0.1) is 0 Å². The van der Waals surface area contributed by atoms with Gasteiger partial charge in [0.1, 0.15) is 5.60 Å². The van der Waals surface area contributed by atoms with Crippen molar-refractivity contribution in [3.8, 4) is 0 Å². The van der Waals surface area contributed by atoms with Gasteiger partial charge >= 0.3 is 0 Å². The predicted octanol–water partition coefficient (Wildman–Crippen LogP) is 1.19. The molecule has 1 heterocycles. The highest BCUT2D eigenvalue weighted by Gasteiger charge is 2.37. The van der Waals surface area contributed by atoms with Crippen LogP contribution in [0.25, 0.3) is 0 Å². The SMILES string of the molecule is OC1(c2ccc(S)cc2)COC1. The van der Waals surface area contributed by atoms with Gasteiger partial charge in [-0.3, -0.25) is 0 Å². The Balaban J connectivity index is 2.28. The lowest BCUT2D eigenvalue weighted by molar-refractivity contribution is -0.184. The van der Waals surface area contributed by atoms with Crippen molar-refractivity contribution in [2.75, 3.05) is 13.2 Å². The molecular formula is C9H10O2S. The average molecular weight is 182 g/mol. The quantitative estimate of drug-likeness (QED) is 0.639. The Hall–Kier alpha value is -0.510. The summed E-state index contributed by atoms with van der Waals surface area (Å²) in [5, 5.41) is 9.82. The fourth-order valence-electron chi connectivity index (χ4n) is 1.23. The van der Waals surface area contributed by atoms with Crippen molar-refractivity contribution in [3.05, 3.63) is 29.8 Å². The van der Waals surface area contributed by atoms with Crippen LogP contribution in [-0.2, 0) is 10.3 Å². The molecule has 0 saturated carbocycles. The lowest BCUT2D eigenvalue weighted by Crippen LogP contribution is -2.46. The summed E-state index contributed by atoms with van der Waals surface area (Å²) in [4.78, 5) is 0.905. The summed E-state index contributed by atoms with van der Waals surface area (Å²) >= 11 is 4.16. The lowest BCUT2D eigenvalue weighted by atomic mass is 9.92. The van der Waals surface area contributed by atoms with Crippen molar-refractivity contribution in [3.63, 3.8) is 0 Å². The molecule has 0 aliphatic carbocycles. The van der Waals surface area contributed by atoms with E-state index < -0.39 is 5.60 Å². The first-order valence-electron chi connectivity index (χ1n) is 3.80. The molecule has 0 spiro atoms. The van der Waals surface area contributed by atoms with E-state index in [1.807, 2.05) is 24.3 Å². The molecule has 2 nitrogen and oxygen atoms in total. The third-order valence-electron chi connectivity index (χ3n) is 2.09. The van der Waals surface area contributed by atoms with E-state index in [1.165, 1.54) is 0 Å². The van der Waals surface area contributed by atoms with Crippen molar-refractivity contribution in [1.29, 1.82) is 0 Å². The van der Waals surface area contributed by atoms with Crippen LogP contribution in [0.5, 0.6) is 0 Å². The largest absolute Gasteiger partial charge is 0.380 e. The molecule has 1 aliphatic heterocycles. The molecule has 1 N–H and O–H groups in total. The Labute approximate surface area is 76.6 Å². The van der Waals surface area contributed by atoms with Gasteiger partial charge in [-0.2, -0.15) is 0 Å². The second-order valence-corrected chi connectivity index (χ2v) is 3.59. The van der Waals surface area contributed by atoms with Crippen LogP contribution in [0.3, 0.4) is 0 Å². The van der Waals surface area contributed by atoms with Crippen LogP contribution in [-0.4, -0.2) is 18.3 Å². The maximum atomic E-state index is 9.82. The number of benzene rings is 1. The van der Waals surface area contributed by atoms with Crippen molar-refractivity contribution < 1.29 is 9.84 Å². The Morgan fingerprint density at radius 1 is 1.25 bits per heavy atom. The van der Waals surface area contributed by atoms with Crippen molar-refractivity contribution >= 4 is 12.6 Å². The van der Waals surface area contributed by atoms with Gasteiger partial charge in [0.2, 0.25) is 0 Å². The third-order valence-corrected chi connectivity index (χ3v) is 2.38. The molecule has 12 heavy (non-hydrogen) atoms. The number of rotatable bonds is 1.